The molecule has 0 amide bonds. The maximum absolute atomic E-state index is 10.6. The number of thiophene rings is 3. The summed E-state index contributed by atoms with van der Waals surface area (Å²) in [6, 6.07) is 4.11. The van der Waals surface area contributed by atoms with Crippen LogP contribution in [0.3, 0.4) is 0 Å². The Bertz CT molecular complexity index is 584. The Hall–Kier alpha value is -0.710. The van der Waals surface area contributed by atoms with E-state index in [0.29, 0.717) is 0 Å². The fourth-order valence-electron chi connectivity index (χ4n) is 1.35. The molecular weight excluding hydrogens is 220 g/mol. The van der Waals surface area contributed by atoms with Crippen LogP contribution in [0.15, 0.2) is 17.5 Å². The summed E-state index contributed by atoms with van der Waals surface area (Å²) in [7, 11) is 0. The van der Waals surface area contributed by atoms with Crippen LogP contribution in [0.5, 0.6) is 0 Å². The highest BCUT2D eigenvalue weighted by Gasteiger charge is 2.09. The molecule has 64 valence electrons. The summed E-state index contributed by atoms with van der Waals surface area (Å²) in [6.07, 6.45) is 0.927. The van der Waals surface area contributed by atoms with Crippen molar-refractivity contribution in [2.75, 3.05) is 0 Å². The SMILES string of the molecule is O=Cc1cc2sc3ccsc3c2s1. The Morgan fingerprint density at radius 2 is 2.08 bits per heavy atom. The van der Waals surface area contributed by atoms with Crippen LogP contribution in [0.2, 0.25) is 0 Å². The molecule has 0 N–H and O–H groups in total. The quantitative estimate of drug-likeness (QED) is 0.571. The Balaban J connectivity index is 2.52. The van der Waals surface area contributed by atoms with Gasteiger partial charge in [0.25, 0.3) is 0 Å². The van der Waals surface area contributed by atoms with Gasteiger partial charge < -0.3 is 0 Å². The molecule has 0 radical (unpaired) electrons. The largest absolute Gasteiger partial charge is 0.297 e. The van der Waals surface area contributed by atoms with Gasteiger partial charge in [0.15, 0.2) is 6.29 Å². The summed E-state index contributed by atoms with van der Waals surface area (Å²) < 4.78 is 5.19. The van der Waals surface area contributed by atoms with Gasteiger partial charge >= 0.3 is 0 Å². The summed E-state index contributed by atoms with van der Waals surface area (Å²) in [5.74, 6) is 0. The molecule has 0 saturated carbocycles. The van der Waals surface area contributed by atoms with Gasteiger partial charge in [0.2, 0.25) is 0 Å². The van der Waals surface area contributed by atoms with Gasteiger partial charge in [0.05, 0.1) is 14.3 Å². The fourth-order valence-corrected chi connectivity index (χ4v) is 4.94. The Labute approximate surface area is 86.2 Å². The lowest BCUT2D eigenvalue weighted by Crippen LogP contribution is -1.62. The van der Waals surface area contributed by atoms with Crippen molar-refractivity contribution in [2.45, 2.75) is 0 Å². The molecule has 0 unspecified atom stereocenters. The number of fused-ring (bicyclic) bond motifs is 3. The predicted octanol–water partition coefficient (Wildman–Crippen LogP) is 3.99. The normalized spacial score (nSPS) is 11.4. The maximum Gasteiger partial charge on any atom is 0.160 e. The number of hydrogen-bond acceptors (Lipinski definition) is 4. The van der Waals surface area contributed by atoms with Crippen molar-refractivity contribution in [3.8, 4) is 0 Å². The van der Waals surface area contributed by atoms with Crippen molar-refractivity contribution in [2.24, 2.45) is 0 Å². The first-order valence-electron chi connectivity index (χ1n) is 3.73. The highest BCUT2D eigenvalue weighted by atomic mass is 32.1. The van der Waals surface area contributed by atoms with E-state index >= 15 is 0 Å². The molecule has 0 aliphatic carbocycles. The molecule has 0 atom stereocenters. The van der Waals surface area contributed by atoms with Crippen LogP contribution in [-0.2, 0) is 0 Å². The summed E-state index contributed by atoms with van der Waals surface area (Å²) in [5.41, 5.74) is 0. The second-order valence-electron chi connectivity index (χ2n) is 2.68. The van der Waals surface area contributed by atoms with E-state index in [2.05, 4.69) is 11.4 Å². The molecule has 13 heavy (non-hydrogen) atoms. The molecule has 3 heterocycles. The third kappa shape index (κ3) is 0.995. The van der Waals surface area contributed by atoms with Crippen molar-refractivity contribution >= 4 is 59.1 Å². The van der Waals surface area contributed by atoms with Gasteiger partial charge in [0.1, 0.15) is 0 Å². The van der Waals surface area contributed by atoms with E-state index < -0.39 is 0 Å². The zero-order valence-corrected chi connectivity index (χ0v) is 8.89. The molecule has 0 bridgehead atoms. The van der Waals surface area contributed by atoms with Gasteiger partial charge in [-0.2, -0.15) is 0 Å². The molecule has 0 fully saturated rings. The molecular formula is C9H4OS3. The zero-order valence-electron chi connectivity index (χ0n) is 6.44. The lowest BCUT2D eigenvalue weighted by atomic mass is 10.4. The molecule has 4 heteroatoms. The molecule has 3 aromatic heterocycles. The first kappa shape index (κ1) is 7.67. The van der Waals surface area contributed by atoms with Crippen LogP contribution in [0.1, 0.15) is 9.67 Å². The van der Waals surface area contributed by atoms with Crippen LogP contribution in [0.25, 0.3) is 18.8 Å². The Morgan fingerprint density at radius 3 is 2.92 bits per heavy atom. The fraction of sp³-hybridized carbons (Fsp3) is 0. The van der Waals surface area contributed by atoms with Crippen LogP contribution < -0.4 is 0 Å². The predicted molar refractivity (Wildman–Crippen MR) is 60.5 cm³/mol. The molecule has 0 spiro atoms. The molecule has 0 aromatic carbocycles. The first-order chi connectivity index (χ1) is 6.38. The van der Waals surface area contributed by atoms with Gasteiger partial charge in [-0.3, -0.25) is 4.79 Å². The number of carbonyl (C=O) groups is 1. The van der Waals surface area contributed by atoms with Crippen molar-refractivity contribution in [1.82, 2.24) is 0 Å². The van der Waals surface area contributed by atoms with Crippen LogP contribution in [-0.4, -0.2) is 6.29 Å². The standard InChI is InChI=1S/C9H4OS3/c10-4-5-3-7-9(12-5)8-6(13-7)1-2-11-8/h1-4H. The average Bonchev–Trinajstić information content (AvgIpc) is 2.72. The number of carbonyl (C=O) groups excluding carboxylic acids is 1. The van der Waals surface area contributed by atoms with Crippen LogP contribution in [0.4, 0.5) is 0 Å². The first-order valence-corrected chi connectivity index (χ1v) is 6.24. The number of hydrogen-bond donors (Lipinski definition) is 0. The maximum atomic E-state index is 10.6. The molecule has 3 aromatic rings. The van der Waals surface area contributed by atoms with Crippen LogP contribution in [0, 0.1) is 0 Å². The molecule has 0 aliphatic rings. The van der Waals surface area contributed by atoms with Gasteiger partial charge in [0, 0.05) is 9.40 Å². The number of rotatable bonds is 1. The van der Waals surface area contributed by atoms with E-state index in [9.17, 15) is 4.79 Å². The topological polar surface area (TPSA) is 17.1 Å². The van der Waals surface area contributed by atoms with Gasteiger partial charge in [-0.25, -0.2) is 0 Å². The summed E-state index contributed by atoms with van der Waals surface area (Å²) in [6.45, 7) is 0. The lowest BCUT2D eigenvalue weighted by molar-refractivity contribution is 0.112. The van der Waals surface area contributed by atoms with E-state index in [1.54, 1.807) is 34.0 Å². The average molecular weight is 224 g/mol. The van der Waals surface area contributed by atoms with Crippen molar-refractivity contribution < 1.29 is 4.79 Å². The Kier molecular flexibility index (Phi) is 1.56. The molecule has 1 nitrogen and oxygen atoms in total. The van der Waals surface area contributed by atoms with E-state index in [4.69, 9.17) is 0 Å². The second kappa shape index (κ2) is 2.64. The zero-order chi connectivity index (χ0) is 8.84. The minimum Gasteiger partial charge on any atom is -0.297 e. The van der Waals surface area contributed by atoms with Gasteiger partial charge in [-0.1, -0.05) is 0 Å². The lowest BCUT2D eigenvalue weighted by Gasteiger charge is -1.74. The van der Waals surface area contributed by atoms with E-state index in [1.165, 1.54) is 18.8 Å². The minimum atomic E-state index is 0.830. The Morgan fingerprint density at radius 1 is 1.15 bits per heavy atom. The van der Waals surface area contributed by atoms with Crippen molar-refractivity contribution in [3.05, 3.63) is 22.4 Å². The molecule has 0 saturated heterocycles. The van der Waals surface area contributed by atoms with E-state index in [1.807, 2.05) is 6.07 Å². The second-order valence-corrected chi connectivity index (χ2v) is 5.76. The van der Waals surface area contributed by atoms with E-state index in [0.717, 1.165) is 11.2 Å². The molecule has 0 aliphatic heterocycles. The van der Waals surface area contributed by atoms with E-state index in [-0.39, 0.29) is 0 Å². The molecule has 3 rings (SSSR count). The van der Waals surface area contributed by atoms with Gasteiger partial charge in [-0.05, 0) is 17.5 Å². The highest BCUT2D eigenvalue weighted by Crippen LogP contribution is 2.41. The smallest absolute Gasteiger partial charge is 0.160 e. The van der Waals surface area contributed by atoms with Crippen molar-refractivity contribution in [1.29, 1.82) is 0 Å². The van der Waals surface area contributed by atoms with Gasteiger partial charge in [-0.15, -0.1) is 34.0 Å². The van der Waals surface area contributed by atoms with Crippen molar-refractivity contribution in [3.63, 3.8) is 0 Å². The minimum absolute atomic E-state index is 0.830. The summed E-state index contributed by atoms with van der Waals surface area (Å²) in [4.78, 5) is 11.4. The monoisotopic (exact) mass is 224 g/mol. The highest BCUT2D eigenvalue weighted by molar-refractivity contribution is 7.38. The number of aldehydes is 1. The summed E-state index contributed by atoms with van der Waals surface area (Å²) >= 11 is 5.11. The van der Waals surface area contributed by atoms with Crippen LogP contribution >= 0.6 is 34.0 Å². The third-order valence-corrected chi connectivity index (χ3v) is 5.39. The summed E-state index contributed by atoms with van der Waals surface area (Å²) in [5, 5.41) is 2.10. The third-order valence-electron chi connectivity index (χ3n) is 1.89.